The molecular formula is C27H31N3O8P2. The van der Waals surface area contributed by atoms with Crippen molar-refractivity contribution in [1.82, 2.24) is 9.97 Å². The molecule has 13 heteroatoms. The van der Waals surface area contributed by atoms with Crippen LogP contribution in [-0.2, 0) is 33.6 Å². The predicted octanol–water partition coefficient (Wildman–Crippen LogP) is 6.71. The molecule has 11 nitrogen and oxygen atoms in total. The van der Waals surface area contributed by atoms with Crippen LogP contribution in [0, 0.1) is 6.92 Å². The highest BCUT2D eigenvalue weighted by molar-refractivity contribution is 7.73. The van der Waals surface area contributed by atoms with Gasteiger partial charge in [0.05, 0.1) is 44.2 Å². The van der Waals surface area contributed by atoms with E-state index in [-0.39, 0.29) is 26.4 Å². The first-order valence-electron chi connectivity index (χ1n) is 13.2. The van der Waals surface area contributed by atoms with Gasteiger partial charge in [-0.05, 0) is 50.1 Å². The molecule has 2 aliphatic heterocycles. The maximum atomic E-state index is 13.6. The first-order chi connectivity index (χ1) is 19.4. The van der Waals surface area contributed by atoms with Crippen LogP contribution < -0.4 is 10.1 Å². The topological polar surface area (TPSA) is 134 Å². The van der Waals surface area contributed by atoms with E-state index in [2.05, 4.69) is 15.3 Å². The Morgan fingerprint density at radius 3 is 2.30 bits per heavy atom. The molecule has 4 aromatic rings. The summed E-state index contributed by atoms with van der Waals surface area (Å²) in [7, 11) is -7.65. The van der Waals surface area contributed by atoms with Crippen molar-refractivity contribution in [2.24, 2.45) is 0 Å². The minimum absolute atomic E-state index is 0.240. The lowest BCUT2D eigenvalue weighted by molar-refractivity contribution is 0.128. The number of aryl methyl sites for hydroxylation is 1. The summed E-state index contributed by atoms with van der Waals surface area (Å²) in [6, 6.07) is 17.2. The van der Waals surface area contributed by atoms with E-state index in [9.17, 15) is 9.13 Å². The van der Waals surface area contributed by atoms with Crippen molar-refractivity contribution in [3.63, 3.8) is 0 Å². The van der Waals surface area contributed by atoms with Gasteiger partial charge in [0.1, 0.15) is 17.3 Å². The van der Waals surface area contributed by atoms with Crippen molar-refractivity contribution in [2.45, 2.75) is 31.7 Å². The normalized spacial score (nSPS) is 18.6. The monoisotopic (exact) mass is 587 g/mol. The van der Waals surface area contributed by atoms with Crippen molar-refractivity contribution >= 4 is 31.9 Å². The molecule has 212 valence electrons. The number of benzene rings is 2. The molecule has 2 fully saturated rings. The highest BCUT2D eigenvalue weighted by atomic mass is 31.2. The lowest BCUT2D eigenvalue weighted by Crippen LogP contribution is -2.29. The van der Waals surface area contributed by atoms with Crippen LogP contribution >= 0.6 is 15.2 Å². The van der Waals surface area contributed by atoms with Gasteiger partial charge in [0, 0.05) is 23.4 Å². The number of anilines is 1. The Balaban J connectivity index is 1.15. The second-order valence-corrected chi connectivity index (χ2v) is 14.2. The second-order valence-electron chi connectivity index (χ2n) is 9.56. The number of nitrogens with zero attached hydrogens (tertiary/aromatic N) is 1. The third-order valence-corrected chi connectivity index (χ3v) is 12.0. The Bertz CT molecular complexity index is 1520. The van der Waals surface area contributed by atoms with Gasteiger partial charge in [-0.15, -0.1) is 0 Å². The molecule has 0 spiro atoms. The van der Waals surface area contributed by atoms with Crippen molar-refractivity contribution in [3.8, 4) is 17.2 Å². The van der Waals surface area contributed by atoms with Gasteiger partial charge in [-0.2, -0.15) is 0 Å². The van der Waals surface area contributed by atoms with Crippen molar-refractivity contribution < 1.29 is 36.4 Å². The van der Waals surface area contributed by atoms with Crippen molar-refractivity contribution in [1.29, 1.82) is 0 Å². The summed E-state index contributed by atoms with van der Waals surface area (Å²) in [6.07, 6.45) is 1.79. The minimum Gasteiger partial charge on any atom is -0.493 e. The SMILES string of the molecule is Cc1oc(-c2ccccc2)nc1CCOc1ccc2cc(NC(P3(=O)OCCCO3)P3(=O)OCCCO3)[nH]c2c1. The molecule has 2 aromatic carbocycles. The van der Waals surface area contributed by atoms with Crippen molar-refractivity contribution in [2.75, 3.05) is 38.4 Å². The highest BCUT2D eigenvalue weighted by Crippen LogP contribution is 2.71. The molecule has 2 aliphatic rings. The zero-order valence-electron chi connectivity index (χ0n) is 22.0. The number of H-pyrrole nitrogens is 1. The number of nitrogens with one attached hydrogen (secondary N) is 2. The van der Waals surface area contributed by atoms with Crippen LogP contribution in [0.5, 0.6) is 5.75 Å². The fourth-order valence-corrected chi connectivity index (χ4v) is 9.64. The largest absolute Gasteiger partial charge is 0.493 e. The molecule has 6 rings (SSSR count). The number of oxazole rings is 1. The molecule has 0 amide bonds. The quantitative estimate of drug-likeness (QED) is 0.204. The smallest absolute Gasteiger partial charge is 0.365 e. The predicted molar refractivity (Wildman–Crippen MR) is 150 cm³/mol. The molecule has 2 N–H and O–H groups in total. The molecule has 0 atom stereocenters. The average molecular weight is 588 g/mol. The standard InChI is InChI=1S/C27H31N3O8P2/c1-19-23(29-26(38-19)20-7-3-2-4-8-20)11-16-33-22-10-9-21-17-25(28-24(21)18-22)30-27(39(31)34-12-5-13-35-39)40(32)36-14-6-15-37-40/h2-4,7-10,17-18,27-28,30H,5-6,11-16H2,1H3. The number of hydrogen-bond acceptors (Lipinski definition) is 10. The van der Waals surface area contributed by atoms with E-state index in [0.717, 1.165) is 27.9 Å². The van der Waals surface area contributed by atoms with Crippen LogP contribution in [0.3, 0.4) is 0 Å². The third-order valence-electron chi connectivity index (χ3n) is 6.66. The molecule has 0 saturated carbocycles. The Labute approximate surface area is 231 Å². The third kappa shape index (κ3) is 5.77. The molecule has 2 aromatic heterocycles. The van der Waals surface area contributed by atoms with Gasteiger partial charge >= 0.3 is 15.2 Å². The molecular weight excluding hydrogens is 556 g/mol. The average Bonchev–Trinajstić information content (AvgIpc) is 3.55. The minimum atomic E-state index is -3.82. The van der Waals surface area contributed by atoms with Gasteiger partial charge in [-0.3, -0.25) is 9.13 Å². The van der Waals surface area contributed by atoms with Gasteiger partial charge in [-0.1, -0.05) is 18.2 Å². The summed E-state index contributed by atoms with van der Waals surface area (Å²) < 4.78 is 61.1. The van der Waals surface area contributed by atoms with Gasteiger partial charge < -0.3 is 37.5 Å². The Morgan fingerprint density at radius 1 is 0.950 bits per heavy atom. The zero-order chi connectivity index (χ0) is 27.6. The van der Waals surface area contributed by atoms with E-state index in [4.69, 9.17) is 27.2 Å². The fourth-order valence-electron chi connectivity index (χ4n) is 4.62. The van der Waals surface area contributed by atoms with Crippen molar-refractivity contribution in [3.05, 3.63) is 66.1 Å². The molecule has 40 heavy (non-hydrogen) atoms. The molecule has 0 bridgehead atoms. The first kappa shape index (κ1) is 27.3. The van der Waals surface area contributed by atoms with Crippen LogP contribution in [-0.4, -0.2) is 48.5 Å². The van der Waals surface area contributed by atoms with Gasteiger partial charge in [-0.25, -0.2) is 4.98 Å². The van der Waals surface area contributed by atoms with E-state index < -0.39 is 20.7 Å². The summed E-state index contributed by atoms with van der Waals surface area (Å²) in [6.45, 7) is 3.27. The Kier molecular flexibility index (Phi) is 7.86. The molecule has 0 unspecified atom stereocenters. The van der Waals surface area contributed by atoms with Crippen LogP contribution in [0.2, 0.25) is 0 Å². The van der Waals surface area contributed by atoms with E-state index in [1.54, 1.807) is 0 Å². The van der Waals surface area contributed by atoms with Crippen LogP contribution in [0.1, 0.15) is 24.3 Å². The van der Waals surface area contributed by atoms with E-state index in [1.165, 1.54) is 0 Å². The first-order valence-corrected chi connectivity index (χ1v) is 16.5. The van der Waals surface area contributed by atoms with Crippen LogP contribution in [0.15, 0.2) is 59.0 Å². The van der Waals surface area contributed by atoms with Gasteiger partial charge in [0.15, 0.2) is 0 Å². The number of hydrogen-bond donors (Lipinski definition) is 2. The van der Waals surface area contributed by atoms with Crippen LogP contribution in [0.4, 0.5) is 5.82 Å². The second kappa shape index (κ2) is 11.5. The highest BCUT2D eigenvalue weighted by Gasteiger charge is 2.53. The fraction of sp³-hybridized carbons (Fsp3) is 0.370. The lowest BCUT2D eigenvalue weighted by Gasteiger charge is -2.35. The lowest BCUT2D eigenvalue weighted by atomic mass is 10.2. The Hall–Kier alpha value is -2.91. The zero-order valence-corrected chi connectivity index (χ0v) is 23.8. The summed E-state index contributed by atoms with van der Waals surface area (Å²) in [5.41, 5.74) is 1.26. The van der Waals surface area contributed by atoms with Gasteiger partial charge in [0.2, 0.25) is 11.4 Å². The maximum Gasteiger partial charge on any atom is 0.365 e. The Morgan fingerprint density at radius 2 is 1.62 bits per heavy atom. The number of aromatic nitrogens is 2. The molecule has 4 heterocycles. The summed E-state index contributed by atoms with van der Waals surface area (Å²) >= 11 is 0. The van der Waals surface area contributed by atoms with Gasteiger partial charge in [0.25, 0.3) is 0 Å². The number of fused-ring (bicyclic) bond motifs is 1. The number of ether oxygens (including phenoxy) is 1. The van der Waals surface area contributed by atoms with E-state index >= 15 is 0 Å². The number of aromatic amines is 1. The van der Waals surface area contributed by atoms with E-state index in [1.807, 2.05) is 61.5 Å². The summed E-state index contributed by atoms with van der Waals surface area (Å²) in [4.78, 5) is 7.87. The number of rotatable bonds is 9. The molecule has 0 radical (unpaired) electrons. The maximum absolute atomic E-state index is 13.6. The summed E-state index contributed by atoms with van der Waals surface area (Å²) in [5.74, 6) is 2.50. The molecule has 0 aliphatic carbocycles. The van der Waals surface area contributed by atoms with Crippen LogP contribution in [0.25, 0.3) is 22.4 Å². The molecule has 2 saturated heterocycles. The summed E-state index contributed by atoms with van der Waals surface area (Å²) in [5, 5.41) is 3.93. The van der Waals surface area contributed by atoms with E-state index in [0.29, 0.717) is 43.3 Å².